The molecule has 0 aliphatic carbocycles. The molecule has 0 bridgehead atoms. The number of amides is 2. The van der Waals surface area contributed by atoms with Crippen molar-refractivity contribution in [3.05, 3.63) is 56.5 Å². The molecule has 0 aromatic heterocycles. The van der Waals surface area contributed by atoms with Crippen molar-refractivity contribution < 1.29 is 19.1 Å². The lowest BCUT2D eigenvalue weighted by Crippen LogP contribution is -2.28. The van der Waals surface area contributed by atoms with E-state index in [1.165, 1.54) is 17.0 Å². The molecule has 2 aromatic carbocycles. The molecule has 1 aliphatic rings. The van der Waals surface area contributed by atoms with Gasteiger partial charge in [-0.3, -0.25) is 14.4 Å². The predicted molar refractivity (Wildman–Crippen MR) is 113 cm³/mol. The Labute approximate surface area is 186 Å². The molecular formula is C19H14Cl4N2O4. The second kappa shape index (κ2) is 9.22. The number of rotatable bonds is 5. The monoisotopic (exact) mass is 474 g/mol. The first-order valence-corrected chi connectivity index (χ1v) is 9.92. The summed E-state index contributed by atoms with van der Waals surface area (Å²) in [7, 11) is 0. The predicted octanol–water partition coefficient (Wildman–Crippen LogP) is 4.84. The number of nitrogens with zero attached hydrogens (tertiary/aromatic N) is 1. The van der Waals surface area contributed by atoms with Gasteiger partial charge in [0.2, 0.25) is 5.91 Å². The maximum Gasteiger partial charge on any atom is 0.311 e. The maximum atomic E-state index is 12.3. The van der Waals surface area contributed by atoms with E-state index in [1.54, 1.807) is 24.3 Å². The molecule has 2 aromatic rings. The van der Waals surface area contributed by atoms with E-state index in [9.17, 15) is 14.4 Å². The van der Waals surface area contributed by atoms with Crippen LogP contribution < -0.4 is 10.2 Å². The fraction of sp³-hybridized carbons (Fsp3) is 0.211. The zero-order valence-electron chi connectivity index (χ0n) is 14.8. The van der Waals surface area contributed by atoms with Crippen LogP contribution in [0.4, 0.5) is 11.4 Å². The Kier molecular flexibility index (Phi) is 6.90. The third-order valence-electron chi connectivity index (χ3n) is 4.21. The summed E-state index contributed by atoms with van der Waals surface area (Å²) in [6.07, 6.45) is -0.0493. The van der Waals surface area contributed by atoms with Gasteiger partial charge in [-0.2, -0.15) is 0 Å². The van der Waals surface area contributed by atoms with Crippen LogP contribution >= 0.6 is 46.4 Å². The van der Waals surface area contributed by atoms with Crippen LogP contribution in [-0.2, 0) is 19.1 Å². The third-order valence-corrected chi connectivity index (χ3v) is 5.31. The smallest absolute Gasteiger partial charge is 0.311 e. The lowest BCUT2D eigenvalue weighted by molar-refractivity contribution is -0.151. The van der Waals surface area contributed by atoms with Gasteiger partial charge in [-0.15, -0.1) is 0 Å². The Bertz CT molecular complexity index is 983. The summed E-state index contributed by atoms with van der Waals surface area (Å²) in [5, 5.41) is 3.97. The third kappa shape index (κ3) is 5.34. The number of benzene rings is 2. The normalized spacial score (nSPS) is 16.1. The SMILES string of the molecule is O=C(COC(=O)[C@H]1CC(=O)N(c2cc(Cl)ccc2Cl)C1)Nc1ccc(Cl)cc1Cl. The van der Waals surface area contributed by atoms with Crippen LogP contribution in [0.15, 0.2) is 36.4 Å². The summed E-state index contributed by atoms with van der Waals surface area (Å²) in [5.74, 6) is -2.23. The van der Waals surface area contributed by atoms with Crippen LogP contribution in [0.25, 0.3) is 0 Å². The highest BCUT2D eigenvalue weighted by atomic mass is 35.5. The van der Waals surface area contributed by atoms with Crippen LogP contribution in [0.1, 0.15) is 6.42 Å². The number of nitrogens with one attached hydrogen (secondary N) is 1. The molecule has 3 rings (SSSR count). The topological polar surface area (TPSA) is 75.7 Å². The molecule has 1 heterocycles. The van der Waals surface area contributed by atoms with Gasteiger partial charge in [0.15, 0.2) is 6.61 Å². The van der Waals surface area contributed by atoms with E-state index in [4.69, 9.17) is 51.1 Å². The molecule has 152 valence electrons. The van der Waals surface area contributed by atoms with Crippen molar-refractivity contribution in [2.24, 2.45) is 5.92 Å². The fourth-order valence-corrected chi connectivity index (χ4v) is 3.66. The highest BCUT2D eigenvalue weighted by molar-refractivity contribution is 6.37. The van der Waals surface area contributed by atoms with Crippen LogP contribution in [-0.4, -0.2) is 30.9 Å². The first-order valence-electron chi connectivity index (χ1n) is 8.41. The molecule has 10 heteroatoms. The van der Waals surface area contributed by atoms with Crippen molar-refractivity contribution in [3.63, 3.8) is 0 Å². The van der Waals surface area contributed by atoms with Gasteiger partial charge < -0.3 is 15.0 Å². The zero-order chi connectivity index (χ0) is 21.1. The van der Waals surface area contributed by atoms with Crippen LogP contribution in [0.5, 0.6) is 0 Å². The van der Waals surface area contributed by atoms with E-state index >= 15 is 0 Å². The van der Waals surface area contributed by atoms with E-state index in [1.807, 2.05) is 0 Å². The average Bonchev–Trinajstić information content (AvgIpc) is 3.05. The van der Waals surface area contributed by atoms with Crippen LogP contribution in [0, 0.1) is 5.92 Å². The van der Waals surface area contributed by atoms with Crippen LogP contribution in [0.3, 0.4) is 0 Å². The zero-order valence-corrected chi connectivity index (χ0v) is 17.8. The summed E-state index contributed by atoms with van der Waals surface area (Å²) in [6, 6.07) is 9.31. The van der Waals surface area contributed by atoms with Gasteiger partial charge in [0.05, 0.1) is 27.3 Å². The molecule has 1 aliphatic heterocycles. The van der Waals surface area contributed by atoms with E-state index < -0.39 is 24.4 Å². The number of esters is 1. The van der Waals surface area contributed by atoms with E-state index in [-0.39, 0.29) is 23.9 Å². The molecule has 29 heavy (non-hydrogen) atoms. The molecule has 6 nitrogen and oxygen atoms in total. The summed E-state index contributed by atoms with van der Waals surface area (Å²) in [6.45, 7) is -0.428. The molecule has 1 N–H and O–H groups in total. The van der Waals surface area contributed by atoms with Gasteiger partial charge >= 0.3 is 5.97 Å². The minimum atomic E-state index is -0.718. The fourth-order valence-electron chi connectivity index (χ4n) is 2.82. The van der Waals surface area contributed by atoms with Gasteiger partial charge in [-0.05, 0) is 36.4 Å². The molecule has 2 amide bonds. The molecule has 0 saturated carbocycles. The van der Waals surface area contributed by atoms with Gasteiger partial charge in [-0.1, -0.05) is 46.4 Å². The van der Waals surface area contributed by atoms with Crippen LogP contribution in [0.2, 0.25) is 20.1 Å². The first kappa shape index (κ1) is 21.7. The average molecular weight is 476 g/mol. The quantitative estimate of drug-likeness (QED) is 0.628. The minimum absolute atomic E-state index is 0.0493. The number of carbonyl (C=O) groups is 3. The summed E-state index contributed by atoms with van der Waals surface area (Å²) in [5.41, 5.74) is 0.768. The molecule has 1 fully saturated rings. The molecule has 0 radical (unpaired) electrons. The lowest BCUT2D eigenvalue weighted by Gasteiger charge is -2.18. The Hall–Kier alpha value is -1.99. The molecule has 1 saturated heterocycles. The van der Waals surface area contributed by atoms with Crippen molar-refractivity contribution in [2.75, 3.05) is 23.4 Å². The van der Waals surface area contributed by atoms with Crippen molar-refractivity contribution in [1.82, 2.24) is 0 Å². The van der Waals surface area contributed by atoms with Crippen molar-refractivity contribution in [2.45, 2.75) is 6.42 Å². The Morgan fingerprint density at radius 1 is 1.03 bits per heavy atom. The molecule has 1 atom stereocenters. The maximum absolute atomic E-state index is 12.3. The van der Waals surface area contributed by atoms with Crippen molar-refractivity contribution in [3.8, 4) is 0 Å². The van der Waals surface area contributed by atoms with E-state index in [0.29, 0.717) is 26.4 Å². The Morgan fingerprint density at radius 3 is 2.45 bits per heavy atom. The van der Waals surface area contributed by atoms with Crippen molar-refractivity contribution in [1.29, 1.82) is 0 Å². The number of hydrogen-bond acceptors (Lipinski definition) is 4. The lowest BCUT2D eigenvalue weighted by atomic mass is 10.1. The highest BCUT2D eigenvalue weighted by Gasteiger charge is 2.37. The van der Waals surface area contributed by atoms with E-state index in [2.05, 4.69) is 5.32 Å². The van der Waals surface area contributed by atoms with Gasteiger partial charge in [0.25, 0.3) is 5.91 Å². The first-order chi connectivity index (χ1) is 13.7. The number of hydrogen-bond donors (Lipinski definition) is 1. The molecule has 0 unspecified atom stereocenters. The van der Waals surface area contributed by atoms with Crippen molar-refractivity contribution >= 4 is 75.6 Å². The number of halogens is 4. The minimum Gasteiger partial charge on any atom is -0.455 e. The number of anilines is 2. The number of carbonyl (C=O) groups excluding carboxylic acids is 3. The molecule has 0 spiro atoms. The largest absolute Gasteiger partial charge is 0.455 e. The van der Waals surface area contributed by atoms with Gasteiger partial charge in [0, 0.05) is 23.0 Å². The summed E-state index contributed by atoms with van der Waals surface area (Å²) >= 11 is 23.9. The Morgan fingerprint density at radius 2 is 1.72 bits per heavy atom. The Balaban J connectivity index is 1.56. The van der Waals surface area contributed by atoms with E-state index in [0.717, 1.165) is 0 Å². The molecular weight excluding hydrogens is 462 g/mol. The second-order valence-corrected chi connectivity index (χ2v) is 7.97. The number of ether oxygens (including phenoxy) is 1. The summed E-state index contributed by atoms with van der Waals surface area (Å²) < 4.78 is 5.05. The summed E-state index contributed by atoms with van der Waals surface area (Å²) in [4.78, 5) is 38.0. The second-order valence-electron chi connectivity index (χ2n) is 6.28. The standard InChI is InChI=1S/C19H14Cl4N2O4/c20-11-2-4-15(14(23)6-11)24-17(26)9-29-19(28)10-5-18(27)25(8-10)16-7-12(21)1-3-13(16)22/h1-4,6-7,10H,5,8-9H2,(H,24,26)/t10-/m0/s1. The van der Waals surface area contributed by atoms with Gasteiger partial charge in [-0.25, -0.2) is 0 Å². The highest BCUT2D eigenvalue weighted by Crippen LogP contribution is 2.33. The van der Waals surface area contributed by atoms with Gasteiger partial charge in [0.1, 0.15) is 0 Å².